The van der Waals surface area contributed by atoms with Gasteiger partial charge < -0.3 is 10.8 Å². The van der Waals surface area contributed by atoms with Gasteiger partial charge in [0.2, 0.25) is 0 Å². The van der Waals surface area contributed by atoms with Gasteiger partial charge in [-0.25, -0.2) is 4.79 Å². The summed E-state index contributed by atoms with van der Waals surface area (Å²) in [6.45, 7) is 2.12. The van der Waals surface area contributed by atoms with E-state index in [1.54, 1.807) is 17.8 Å². The Morgan fingerprint density at radius 3 is 2.87 bits per heavy atom. The summed E-state index contributed by atoms with van der Waals surface area (Å²) in [6, 6.07) is 5.12. The Kier molecular flexibility index (Phi) is 4.49. The molecule has 0 aliphatic heterocycles. The van der Waals surface area contributed by atoms with Gasteiger partial charge in [0.15, 0.2) is 0 Å². The molecule has 0 radical (unpaired) electrons. The van der Waals surface area contributed by atoms with Crippen molar-refractivity contribution < 1.29 is 9.90 Å². The fraction of sp³-hybridized carbons (Fsp3) is 0.364. The first-order valence-corrected chi connectivity index (χ1v) is 5.90. The van der Waals surface area contributed by atoms with Crippen molar-refractivity contribution in [2.24, 2.45) is 0 Å². The zero-order valence-corrected chi connectivity index (χ0v) is 9.51. The van der Waals surface area contributed by atoms with E-state index in [9.17, 15) is 4.79 Å². The predicted octanol–water partition coefficient (Wildman–Crippen LogP) is 2.86. The van der Waals surface area contributed by atoms with Crippen molar-refractivity contribution >= 4 is 23.4 Å². The third kappa shape index (κ3) is 3.16. The van der Waals surface area contributed by atoms with Crippen LogP contribution in [0, 0.1) is 0 Å². The van der Waals surface area contributed by atoms with Crippen LogP contribution in [0.3, 0.4) is 0 Å². The highest BCUT2D eigenvalue weighted by Gasteiger charge is 2.10. The Hall–Kier alpha value is -1.16. The van der Waals surface area contributed by atoms with Gasteiger partial charge in [0.1, 0.15) is 0 Å². The number of nitrogens with two attached hydrogens (primary N) is 1. The number of benzene rings is 1. The monoisotopic (exact) mass is 225 g/mol. The van der Waals surface area contributed by atoms with Crippen LogP contribution >= 0.6 is 11.8 Å². The summed E-state index contributed by atoms with van der Waals surface area (Å²) in [4.78, 5) is 11.7. The molecule has 0 saturated heterocycles. The summed E-state index contributed by atoms with van der Waals surface area (Å²) < 4.78 is 0. The summed E-state index contributed by atoms with van der Waals surface area (Å²) in [5.41, 5.74) is 6.34. The van der Waals surface area contributed by atoms with E-state index in [0.29, 0.717) is 5.69 Å². The van der Waals surface area contributed by atoms with Crippen molar-refractivity contribution in [1.82, 2.24) is 0 Å². The molecule has 1 aromatic carbocycles. The van der Waals surface area contributed by atoms with Crippen molar-refractivity contribution in [3.05, 3.63) is 23.8 Å². The van der Waals surface area contributed by atoms with Crippen molar-refractivity contribution in [2.75, 3.05) is 11.5 Å². The van der Waals surface area contributed by atoms with E-state index in [1.807, 2.05) is 6.07 Å². The standard InChI is InChI=1S/C11H15NO2S/c1-2-3-7-15-9-6-4-5-8(10(9)12)11(13)14/h4-6H,2-3,7,12H2,1H3,(H,13,14). The molecule has 0 heterocycles. The molecule has 0 spiro atoms. The van der Waals surface area contributed by atoms with Crippen molar-refractivity contribution in [3.63, 3.8) is 0 Å². The van der Waals surface area contributed by atoms with E-state index >= 15 is 0 Å². The molecule has 0 fully saturated rings. The maximum absolute atomic E-state index is 10.8. The Balaban J connectivity index is 2.80. The van der Waals surface area contributed by atoms with Gasteiger partial charge in [-0.05, 0) is 24.3 Å². The van der Waals surface area contributed by atoms with Crippen LogP contribution in [0.2, 0.25) is 0 Å². The Morgan fingerprint density at radius 1 is 1.53 bits per heavy atom. The highest BCUT2D eigenvalue weighted by atomic mass is 32.2. The average Bonchev–Trinajstić information content (AvgIpc) is 2.20. The SMILES string of the molecule is CCCCSc1cccc(C(=O)O)c1N. The van der Waals surface area contributed by atoms with Crippen LogP contribution < -0.4 is 5.73 Å². The highest BCUT2D eigenvalue weighted by molar-refractivity contribution is 7.99. The first kappa shape index (κ1) is 11.9. The van der Waals surface area contributed by atoms with Gasteiger partial charge >= 0.3 is 5.97 Å². The zero-order chi connectivity index (χ0) is 11.3. The minimum absolute atomic E-state index is 0.191. The summed E-state index contributed by atoms with van der Waals surface area (Å²) >= 11 is 1.61. The second-order valence-electron chi connectivity index (χ2n) is 3.22. The Morgan fingerprint density at radius 2 is 2.27 bits per heavy atom. The minimum atomic E-state index is -0.967. The second-order valence-corrected chi connectivity index (χ2v) is 4.36. The lowest BCUT2D eigenvalue weighted by molar-refractivity contribution is 0.0698. The predicted molar refractivity (Wildman–Crippen MR) is 63.4 cm³/mol. The zero-order valence-electron chi connectivity index (χ0n) is 8.69. The Labute approximate surface area is 93.7 Å². The molecule has 3 nitrogen and oxygen atoms in total. The fourth-order valence-electron chi connectivity index (χ4n) is 1.18. The number of carboxylic acid groups (broad SMARTS) is 1. The number of para-hydroxylation sites is 1. The van der Waals surface area contributed by atoms with Crippen LogP contribution in [-0.2, 0) is 0 Å². The molecular formula is C11H15NO2S. The topological polar surface area (TPSA) is 63.3 Å². The molecule has 0 aliphatic carbocycles. The number of hydrogen-bond donors (Lipinski definition) is 2. The first-order chi connectivity index (χ1) is 7.16. The second kappa shape index (κ2) is 5.66. The number of rotatable bonds is 5. The van der Waals surface area contributed by atoms with Crippen molar-refractivity contribution in [1.29, 1.82) is 0 Å². The largest absolute Gasteiger partial charge is 0.478 e. The number of unbranched alkanes of at least 4 members (excludes halogenated alkanes) is 1. The third-order valence-corrected chi connectivity index (χ3v) is 3.21. The van der Waals surface area contributed by atoms with Crippen LogP contribution in [0.1, 0.15) is 30.1 Å². The van der Waals surface area contributed by atoms with Crippen molar-refractivity contribution in [2.45, 2.75) is 24.7 Å². The molecule has 0 saturated carbocycles. The number of carbonyl (C=O) groups is 1. The van der Waals surface area contributed by atoms with Crippen LogP contribution in [0.5, 0.6) is 0 Å². The van der Waals surface area contributed by atoms with Crippen molar-refractivity contribution in [3.8, 4) is 0 Å². The molecule has 0 amide bonds. The molecule has 3 N–H and O–H groups in total. The minimum Gasteiger partial charge on any atom is -0.478 e. The summed E-state index contributed by atoms with van der Waals surface area (Å²) in [7, 11) is 0. The van der Waals surface area contributed by atoms with Crippen LogP contribution in [0.15, 0.2) is 23.1 Å². The van der Waals surface area contributed by atoms with Gasteiger partial charge in [-0.15, -0.1) is 11.8 Å². The van der Waals surface area contributed by atoms with E-state index in [4.69, 9.17) is 10.8 Å². The van der Waals surface area contributed by atoms with E-state index in [0.717, 1.165) is 23.5 Å². The lowest BCUT2D eigenvalue weighted by Gasteiger charge is -2.07. The lowest BCUT2D eigenvalue weighted by atomic mass is 10.2. The highest BCUT2D eigenvalue weighted by Crippen LogP contribution is 2.28. The van der Waals surface area contributed by atoms with E-state index in [1.165, 1.54) is 6.07 Å². The molecule has 0 bridgehead atoms. The van der Waals surface area contributed by atoms with Crippen LogP contribution in [0.25, 0.3) is 0 Å². The normalized spacial score (nSPS) is 10.2. The molecule has 1 rings (SSSR count). The van der Waals surface area contributed by atoms with Crippen LogP contribution in [-0.4, -0.2) is 16.8 Å². The average molecular weight is 225 g/mol. The van der Waals surface area contributed by atoms with E-state index in [-0.39, 0.29) is 5.56 Å². The van der Waals surface area contributed by atoms with Gasteiger partial charge in [0.25, 0.3) is 0 Å². The van der Waals surface area contributed by atoms with Gasteiger partial charge in [-0.2, -0.15) is 0 Å². The van der Waals surface area contributed by atoms with Gasteiger partial charge in [0, 0.05) is 4.90 Å². The molecule has 4 heteroatoms. The maximum Gasteiger partial charge on any atom is 0.337 e. The Bertz CT molecular complexity index is 352. The summed E-state index contributed by atoms with van der Waals surface area (Å²) in [5.74, 6) is 0.00878. The quantitative estimate of drug-likeness (QED) is 0.459. The third-order valence-electron chi connectivity index (χ3n) is 2.05. The van der Waals surface area contributed by atoms with Gasteiger partial charge in [-0.3, -0.25) is 0 Å². The van der Waals surface area contributed by atoms with Gasteiger partial charge in [-0.1, -0.05) is 19.4 Å². The number of hydrogen-bond acceptors (Lipinski definition) is 3. The number of anilines is 1. The van der Waals surface area contributed by atoms with E-state index in [2.05, 4.69) is 6.92 Å². The number of thioether (sulfide) groups is 1. The molecule has 15 heavy (non-hydrogen) atoms. The van der Waals surface area contributed by atoms with E-state index < -0.39 is 5.97 Å². The number of nitrogen functional groups attached to an aromatic ring is 1. The maximum atomic E-state index is 10.8. The van der Waals surface area contributed by atoms with Crippen LogP contribution in [0.4, 0.5) is 5.69 Å². The number of carboxylic acids is 1. The lowest BCUT2D eigenvalue weighted by Crippen LogP contribution is -2.03. The molecule has 0 atom stereocenters. The summed E-state index contributed by atoms with van der Waals surface area (Å²) in [5, 5.41) is 8.87. The molecule has 0 unspecified atom stereocenters. The smallest absolute Gasteiger partial charge is 0.337 e. The molecular weight excluding hydrogens is 210 g/mol. The summed E-state index contributed by atoms with van der Waals surface area (Å²) in [6.07, 6.45) is 2.24. The number of aromatic carboxylic acids is 1. The molecule has 0 aliphatic rings. The van der Waals surface area contributed by atoms with Gasteiger partial charge in [0.05, 0.1) is 11.3 Å². The molecule has 0 aromatic heterocycles. The fourth-order valence-corrected chi connectivity index (χ4v) is 2.28. The molecule has 82 valence electrons. The molecule has 1 aromatic rings. The first-order valence-electron chi connectivity index (χ1n) is 4.91.